The van der Waals surface area contributed by atoms with Crippen LogP contribution in [0.4, 0.5) is 0 Å². The van der Waals surface area contributed by atoms with Crippen LogP contribution in [-0.4, -0.2) is 30.6 Å². The monoisotopic (exact) mass is 293 g/mol. The van der Waals surface area contributed by atoms with Crippen LogP contribution in [0.25, 0.3) is 0 Å². The first-order valence-corrected chi connectivity index (χ1v) is 8.57. The van der Waals surface area contributed by atoms with Gasteiger partial charge in [0, 0.05) is 24.4 Å². The lowest BCUT2D eigenvalue weighted by Gasteiger charge is -2.47. The van der Waals surface area contributed by atoms with E-state index in [9.17, 15) is 13.2 Å². The Balaban J connectivity index is 2.03. The van der Waals surface area contributed by atoms with E-state index >= 15 is 0 Å². The predicted octanol–water partition coefficient (Wildman–Crippen LogP) is 2.21. The molecular formula is C15H19NO3S. The molecule has 0 aliphatic carbocycles. The second-order valence-corrected chi connectivity index (χ2v) is 7.60. The van der Waals surface area contributed by atoms with Gasteiger partial charge in [0.1, 0.15) is 5.78 Å². The van der Waals surface area contributed by atoms with Crippen LogP contribution < -0.4 is 0 Å². The summed E-state index contributed by atoms with van der Waals surface area (Å²) in [6, 6.07) is 8.23. The zero-order valence-electron chi connectivity index (χ0n) is 11.5. The molecule has 0 unspecified atom stereocenters. The van der Waals surface area contributed by atoms with Crippen molar-refractivity contribution in [3.05, 3.63) is 30.3 Å². The molecule has 2 heterocycles. The molecule has 0 aromatic heterocycles. The van der Waals surface area contributed by atoms with Crippen molar-refractivity contribution < 1.29 is 13.2 Å². The van der Waals surface area contributed by atoms with E-state index in [1.54, 1.807) is 28.6 Å². The molecule has 2 saturated heterocycles. The first-order valence-electron chi connectivity index (χ1n) is 7.13. The van der Waals surface area contributed by atoms with Crippen molar-refractivity contribution >= 4 is 15.8 Å². The van der Waals surface area contributed by atoms with Gasteiger partial charge in [0.25, 0.3) is 0 Å². The fraction of sp³-hybridized carbons (Fsp3) is 0.533. The first kappa shape index (κ1) is 13.8. The summed E-state index contributed by atoms with van der Waals surface area (Å²) < 4.78 is 27.4. The van der Waals surface area contributed by atoms with Gasteiger partial charge in [-0.2, -0.15) is 4.31 Å². The maximum atomic E-state index is 12.9. The average Bonchev–Trinajstić information content (AvgIpc) is 2.45. The van der Waals surface area contributed by atoms with Crippen molar-refractivity contribution in [3.8, 4) is 0 Å². The van der Waals surface area contributed by atoms with E-state index in [1.165, 1.54) is 0 Å². The number of carbonyl (C=O) groups is 1. The van der Waals surface area contributed by atoms with Crippen molar-refractivity contribution in [2.45, 2.75) is 49.6 Å². The molecule has 108 valence electrons. The molecular weight excluding hydrogens is 274 g/mol. The molecule has 1 aromatic carbocycles. The minimum atomic E-state index is -3.50. The summed E-state index contributed by atoms with van der Waals surface area (Å²) in [6.07, 6.45) is 2.95. The lowest BCUT2D eigenvalue weighted by Crippen LogP contribution is -2.58. The topological polar surface area (TPSA) is 54.5 Å². The largest absolute Gasteiger partial charge is 0.299 e. The summed E-state index contributed by atoms with van der Waals surface area (Å²) in [7, 11) is -3.50. The van der Waals surface area contributed by atoms with Gasteiger partial charge in [-0.1, -0.05) is 31.5 Å². The highest BCUT2D eigenvalue weighted by Crippen LogP contribution is 2.39. The molecule has 4 nitrogen and oxygen atoms in total. The lowest BCUT2D eigenvalue weighted by molar-refractivity contribution is -0.129. The molecule has 0 radical (unpaired) electrons. The third-order valence-corrected chi connectivity index (χ3v) is 6.56. The smallest absolute Gasteiger partial charge is 0.243 e. The van der Waals surface area contributed by atoms with E-state index in [0.29, 0.717) is 11.3 Å². The van der Waals surface area contributed by atoms with Crippen molar-refractivity contribution in [2.24, 2.45) is 5.92 Å². The van der Waals surface area contributed by atoms with E-state index in [1.807, 2.05) is 13.0 Å². The number of Topliss-reactive ketones (excluding diaryl/α,β-unsaturated/α-hetero) is 1. The fourth-order valence-electron chi connectivity index (χ4n) is 3.47. The van der Waals surface area contributed by atoms with Crippen molar-refractivity contribution in [1.29, 1.82) is 0 Å². The molecule has 2 aliphatic rings. The third-order valence-electron chi connectivity index (χ3n) is 4.56. The second kappa shape index (κ2) is 4.97. The van der Waals surface area contributed by atoms with Crippen molar-refractivity contribution in [3.63, 3.8) is 0 Å². The van der Waals surface area contributed by atoms with E-state index in [0.717, 1.165) is 19.3 Å². The molecule has 0 N–H and O–H groups in total. The van der Waals surface area contributed by atoms with Gasteiger partial charge in [0.2, 0.25) is 10.0 Å². The normalized spacial score (nSPS) is 31.2. The quantitative estimate of drug-likeness (QED) is 0.840. The number of sulfonamides is 1. The van der Waals surface area contributed by atoms with Gasteiger partial charge in [-0.05, 0) is 25.0 Å². The Hall–Kier alpha value is -1.20. The SMILES string of the molecule is C[C@@H]1C(=O)C[C@@H]2CCC[C@H]1N2S(=O)(=O)c1ccccc1. The highest BCUT2D eigenvalue weighted by Gasteiger charge is 2.48. The summed E-state index contributed by atoms with van der Waals surface area (Å²) in [5.41, 5.74) is 0. The van der Waals surface area contributed by atoms with E-state index in [2.05, 4.69) is 0 Å². The molecule has 3 atom stereocenters. The van der Waals surface area contributed by atoms with Crippen LogP contribution in [0.3, 0.4) is 0 Å². The molecule has 5 heteroatoms. The second-order valence-electron chi connectivity index (χ2n) is 5.76. The number of ketones is 1. The Morgan fingerprint density at radius 3 is 2.55 bits per heavy atom. The van der Waals surface area contributed by atoms with Gasteiger partial charge in [-0.3, -0.25) is 4.79 Å². The van der Waals surface area contributed by atoms with Crippen LogP contribution >= 0.6 is 0 Å². The van der Waals surface area contributed by atoms with Crippen LogP contribution in [0.2, 0.25) is 0 Å². The van der Waals surface area contributed by atoms with Gasteiger partial charge in [-0.25, -0.2) is 8.42 Å². The molecule has 2 fully saturated rings. The minimum absolute atomic E-state index is 0.150. The highest BCUT2D eigenvalue weighted by atomic mass is 32.2. The molecule has 0 amide bonds. The molecule has 1 aromatic rings. The van der Waals surface area contributed by atoms with Crippen LogP contribution in [0.5, 0.6) is 0 Å². The van der Waals surface area contributed by atoms with Crippen molar-refractivity contribution in [1.82, 2.24) is 4.31 Å². The summed E-state index contributed by atoms with van der Waals surface area (Å²) in [5.74, 6) is 0.0178. The number of fused-ring (bicyclic) bond motifs is 2. The Labute approximate surface area is 119 Å². The fourth-order valence-corrected chi connectivity index (χ4v) is 5.43. The van der Waals surface area contributed by atoms with Gasteiger partial charge in [-0.15, -0.1) is 0 Å². The first-order chi connectivity index (χ1) is 9.51. The maximum absolute atomic E-state index is 12.9. The Kier molecular flexibility index (Phi) is 3.42. The summed E-state index contributed by atoms with van der Waals surface area (Å²) in [4.78, 5) is 12.3. The number of rotatable bonds is 2. The molecule has 20 heavy (non-hydrogen) atoms. The number of hydrogen-bond donors (Lipinski definition) is 0. The zero-order chi connectivity index (χ0) is 14.3. The molecule has 0 saturated carbocycles. The van der Waals surface area contributed by atoms with Crippen LogP contribution in [0.1, 0.15) is 32.6 Å². The third kappa shape index (κ3) is 2.09. The molecule has 2 bridgehead atoms. The van der Waals surface area contributed by atoms with Crippen LogP contribution in [-0.2, 0) is 14.8 Å². The van der Waals surface area contributed by atoms with Gasteiger partial charge < -0.3 is 0 Å². The number of hydrogen-bond acceptors (Lipinski definition) is 3. The standard InChI is InChI=1S/C15H19NO3S/c1-11-14-9-5-6-12(10-15(11)17)16(14)20(18,19)13-7-3-2-4-8-13/h2-4,7-8,11-12,14H,5-6,9-10H2,1H3/t11-,12-,14+/m0/s1. The predicted molar refractivity (Wildman–Crippen MR) is 75.7 cm³/mol. The van der Waals surface area contributed by atoms with Gasteiger partial charge >= 0.3 is 0 Å². The number of nitrogens with zero attached hydrogens (tertiary/aromatic N) is 1. The Morgan fingerprint density at radius 2 is 1.85 bits per heavy atom. The summed E-state index contributed by atoms with van der Waals surface area (Å²) in [5, 5.41) is 0. The van der Waals surface area contributed by atoms with Gasteiger partial charge in [0.05, 0.1) is 4.90 Å². The average molecular weight is 293 g/mol. The molecule has 0 spiro atoms. The maximum Gasteiger partial charge on any atom is 0.243 e. The lowest BCUT2D eigenvalue weighted by atomic mass is 9.79. The molecule has 2 aliphatic heterocycles. The Bertz CT molecular complexity index is 611. The van der Waals surface area contributed by atoms with E-state index in [4.69, 9.17) is 0 Å². The van der Waals surface area contributed by atoms with Crippen molar-refractivity contribution in [2.75, 3.05) is 0 Å². The zero-order valence-corrected chi connectivity index (χ0v) is 12.3. The number of benzene rings is 1. The highest BCUT2D eigenvalue weighted by molar-refractivity contribution is 7.89. The van der Waals surface area contributed by atoms with Crippen LogP contribution in [0, 0.1) is 5.92 Å². The number of carbonyl (C=O) groups excluding carboxylic acids is 1. The molecule has 3 rings (SSSR count). The summed E-state index contributed by atoms with van der Waals surface area (Å²) in [6.45, 7) is 1.86. The van der Waals surface area contributed by atoms with Gasteiger partial charge in [0.15, 0.2) is 0 Å². The Morgan fingerprint density at radius 1 is 1.15 bits per heavy atom. The van der Waals surface area contributed by atoms with E-state index in [-0.39, 0.29) is 23.8 Å². The van der Waals surface area contributed by atoms with E-state index < -0.39 is 10.0 Å². The minimum Gasteiger partial charge on any atom is -0.299 e. The van der Waals surface area contributed by atoms with Crippen LogP contribution in [0.15, 0.2) is 35.2 Å². The number of piperidine rings is 2. The summed E-state index contributed by atoms with van der Waals surface area (Å²) >= 11 is 0.